The second-order valence-electron chi connectivity index (χ2n) is 18.1. The van der Waals surface area contributed by atoms with E-state index in [4.69, 9.17) is 14.2 Å². The summed E-state index contributed by atoms with van der Waals surface area (Å²) >= 11 is 0. The smallest absolute Gasteiger partial charge is 0.310 e. The first kappa shape index (κ1) is 64.3. The van der Waals surface area contributed by atoms with Gasteiger partial charge >= 0.3 is 11.9 Å². The third kappa shape index (κ3) is 54.9. The molecule has 0 radical (unpaired) electrons. The van der Waals surface area contributed by atoms with Gasteiger partial charge in [0, 0.05) is 13.0 Å². The molecule has 0 aliphatic heterocycles. The summed E-state index contributed by atoms with van der Waals surface area (Å²) in [5, 5.41) is 0. The minimum absolute atomic E-state index is 0.0302. The van der Waals surface area contributed by atoms with Gasteiger partial charge in [-0.2, -0.15) is 0 Å². The molecule has 0 bridgehead atoms. The lowest BCUT2D eigenvalue weighted by Crippen LogP contribution is -2.29. The average Bonchev–Trinajstić information content (AvgIpc) is 3.34. The summed E-state index contributed by atoms with van der Waals surface area (Å²) in [7, 11) is 0. The Kier molecular flexibility index (Phi) is 54.5. The Hall–Kier alpha value is -3.70. The van der Waals surface area contributed by atoms with Gasteiger partial charge in [0.1, 0.15) is 6.61 Å². The molecular weight excluding hydrogens is 837 g/mol. The number of rotatable bonds is 50. The monoisotopic (exact) mass is 941 g/mol. The topological polar surface area (TPSA) is 61.8 Å². The summed E-state index contributed by atoms with van der Waals surface area (Å²) in [4.78, 5) is 25.4. The minimum atomic E-state index is -0.607. The quantitative estimate of drug-likeness (QED) is 0.0345. The zero-order valence-corrected chi connectivity index (χ0v) is 44.3. The maximum atomic E-state index is 12.8. The largest absolute Gasteiger partial charge is 0.462 e. The Labute approximate surface area is 420 Å². The van der Waals surface area contributed by atoms with Crippen LogP contribution in [0.1, 0.15) is 239 Å². The molecule has 0 rings (SSSR count). The number of hydrogen-bond donors (Lipinski definition) is 0. The van der Waals surface area contributed by atoms with E-state index in [1.807, 2.05) is 12.2 Å². The molecule has 5 heteroatoms. The van der Waals surface area contributed by atoms with Crippen molar-refractivity contribution in [3.8, 4) is 0 Å². The molecule has 0 aromatic heterocycles. The predicted octanol–water partition coefficient (Wildman–Crippen LogP) is 19.3. The predicted molar refractivity (Wildman–Crippen MR) is 297 cm³/mol. The normalized spacial score (nSPS) is 13.2. The van der Waals surface area contributed by atoms with Crippen molar-refractivity contribution < 1.29 is 23.8 Å². The summed E-state index contributed by atoms with van der Waals surface area (Å²) < 4.78 is 17.3. The van der Waals surface area contributed by atoms with Gasteiger partial charge in [-0.1, -0.05) is 239 Å². The highest BCUT2D eigenvalue weighted by molar-refractivity contribution is 5.71. The third-order valence-electron chi connectivity index (χ3n) is 11.5. The van der Waals surface area contributed by atoms with Gasteiger partial charge in [-0.3, -0.25) is 9.59 Å². The maximum absolute atomic E-state index is 12.8. The zero-order valence-electron chi connectivity index (χ0n) is 44.3. The van der Waals surface area contributed by atoms with Crippen molar-refractivity contribution in [1.82, 2.24) is 0 Å². The fourth-order valence-corrected chi connectivity index (χ4v) is 7.39. The van der Waals surface area contributed by atoms with E-state index in [0.717, 1.165) is 96.3 Å². The van der Waals surface area contributed by atoms with Crippen molar-refractivity contribution in [1.29, 1.82) is 0 Å². The zero-order chi connectivity index (χ0) is 49.2. The highest BCUT2D eigenvalue weighted by Crippen LogP contribution is 2.13. The summed E-state index contributed by atoms with van der Waals surface area (Å²) in [6.07, 6.45) is 81.0. The number of carbonyl (C=O) groups excluding carboxylic acids is 2. The second-order valence-corrected chi connectivity index (χ2v) is 18.1. The molecule has 1 unspecified atom stereocenters. The van der Waals surface area contributed by atoms with Crippen LogP contribution in [-0.4, -0.2) is 37.9 Å². The van der Waals surface area contributed by atoms with Crippen LogP contribution >= 0.6 is 0 Å². The Morgan fingerprint density at radius 1 is 0.353 bits per heavy atom. The second kappa shape index (κ2) is 57.6. The lowest BCUT2D eigenvalue weighted by atomic mass is 10.1. The molecule has 0 spiro atoms. The molecule has 0 heterocycles. The van der Waals surface area contributed by atoms with Crippen LogP contribution in [0.5, 0.6) is 0 Å². The molecule has 0 amide bonds. The molecule has 0 aliphatic rings. The first-order valence-corrected chi connectivity index (χ1v) is 28.1. The molecule has 68 heavy (non-hydrogen) atoms. The van der Waals surface area contributed by atoms with Gasteiger partial charge in [-0.05, 0) is 109 Å². The Bertz CT molecular complexity index is 1390. The van der Waals surface area contributed by atoms with E-state index in [0.29, 0.717) is 13.0 Å². The third-order valence-corrected chi connectivity index (χ3v) is 11.5. The molecular formula is C63H104O5. The van der Waals surface area contributed by atoms with E-state index >= 15 is 0 Å². The van der Waals surface area contributed by atoms with Crippen LogP contribution in [0.15, 0.2) is 122 Å². The van der Waals surface area contributed by atoms with Gasteiger partial charge in [-0.25, -0.2) is 0 Å². The van der Waals surface area contributed by atoms with Crippen molar-refractivity contribution in [3.05, 3.63) is 122 Å². The Morgan fingerprint density at radius 3 is 1.15 bits per heavy atom. The number of carbonyl (C=O) groups is 2. The standard InChI is InChI=1S/C63H104O5/c1-4-7-10-13-16-19-22-25-28-30-32-33-36-38-41-44-47-50-53-56-62(64)67-60-61(68-63(65)57-54-51-48-45-42-39-35-27-24-21-18-15-12-9-6-3)59-66-58-55-52-49-46-43-40-37-34-31-29-26-23-20-17-14-11-8-5-2/h7,9-10,12,16,18-19,21,25-29,32-33,35,42,45,51,54,61H,4-6,8,11,13-15,17,20,22-24,30-31,34,36-41,43-44,46-50,52-53,55-60H2,1-3H3/b10-7-,12-9-,19-16-,21-18-,28-25-,29-26-,33-32-,35-27-,45-42-,54-51-. The lowest BCUT2D eigenvalue weighted by Gasteiger charge is -2.18. The summed E-state index contributed by atoms with van der Waals surface area (Å²) in [6.45, 7) is 7.47. The number of ether oxygens (including phenoxy) is 3. The Morgan fingerprint density at radius 2 is 0.706 bits per heavy atom. The van der Waals surface area contributed by atoms with Gasteiger partial charge in [0.25, 0.3) is 0 Å². The summed E-state index contributed by atoms with van der Waals surface area (Å²) in [6, 6.07) is 0. The molecule has 0 saturated heterocycles. The van der Waals surface area contributed by atoms with E-state index in [2.05, 4.69) is 130 Å². The average molecular weight is 942 g/mol. The summed E-state index contributed by atoms with van der Waals surface area (Å²) in [5.74, 6) is -0.564. The van der Waals surface area contributed by atoms with Crippen LogP contribution in [0.3, 0.4) is 0 Å². The number of hydrogen-bond acceptors (Lipinski definition) is 5. The van der Waals surface area contributed by atoms with Crippen LogP contribution in [0.2, 0.25) is 0 Å². The van der Waals surface area contributed by atoms with Crippen LogP contribution < -0.4 is 0 Å². The number of unbranched alkanes of at least 4 members (excludes halogenated alkanes) is 20. The molecule has 0 aromatic rings. The van der Waals surface area contributed by atoms with E-state index in [1.54, 1.807) is 0 Å². The molecule has 0 aliphatic carbocycles. The molecule has 0 fully saturated rings. The highest BCUT2D eigenvalue weighted by Gasteiger charge is 2.17. The van der Waals surface area contributed by atoms with Crippen LogP contribution in [-0.2, 0) is 23.8 Å². The molecule has 1 atom stereocenters. The minimum Gasteiger partial charge on any atom is -0.462 e. The van der Waals surface area contributed by atoms with E-state index in [-0.39, 0.29) is 31.6 Å². The molecule has 0 saturated carbocycles. The van der Waals surface area contributed by atoms with Crippen molar-refractivity contribution in [2.45, 2.75) is 245 Å². The van der Waals surface area contributed by atoms with Gasteiger partial charge in [-0.15, -0.1) is 0 Å². The first-order valence-electron chi connectivity index (χ1n) is 28.1. The van der Waals surface area contributed by atoms with Crippen molar-refractivity contribution in [2.24, 2.45) is 0 Å². The van der Waals surface area contributed by atoms with Crippen molar-refractivity contribution in [2.75, 3.05) is 19.8 Å². The lowest BCUT2D eigenvalue weighted by molar-refractivity contribution is -0.162. The van der Waals surface area contributed by atoms with Crippen molar-refractivity contribution in [3.63, 3.8) is 0 Å². The highest BCUT2D eigenvalue weighted by atomic mass is 16.6. The fourth-order valence-electron chi connectivity index (χ4n) is 7.39. The summed E-state index contributed by atoms with van der Waals surface area (Å²) in [5.41, 5.74) is 0. The number of esters is 2. The fraction of sp³-hybridized carbons (Fsp3) is 0.651. The van der Waals surface area contributed by atoms with Gasteiger partial charge < -0.3 is 14.2 Å². The Balaban J connectivity index is 4.42. The van der Waals surface area contributed by atoms with E-state index in [1.165, 1.54) is 109 Å². The van der Waals surface area contributed by atoms with Crippen LogP contribution in [0.4, 0.5) is 0 Å². The molecule has 0 N–H and O–H groups in total. The van der Waals surface area contributed by atoms with Gasteiger partial charge in [0.05, 0.1) is 13.0 Å². The molecule has 0 aromatic carbocycles. The molecule has 386 valence electrons. The van der Waals surface area contributed by atoms with Crippen molar-refractivity contribution >= 4 is 11.9 Å². The number of allylic oxidation sites excluding steroid dienone is 19. The van der Waals surface area contributed by atoms with Crippen LogP contribution in [0, 0.1) is 0 Å². The van der Waals surface area contributed by atoms with Gasteiger partial charge in [0.15, 0.2) is 6.10 Å². The molecule has 5 nitrogen and oxygen atoms in total. The first-order chi connectivity index (χ1) is 33.6. The SMILES string of the molecule is CC/C=C\C/C=C\C/C=C\C/C=C\C/C=C\CC(=O)OC(COCCCCCCCCCC/C=C\CCCCCCCC)COC(=O)CCCCCCCC/C=C\C/C=C\C/C=C\C/C=C\CC. The van der Waals surface area contributed by atoms with E-state index < -0.39 is 6.10 Å². The van der Waals surface area contributed by atoms with E-state index in [9.17, 15) is 9.59 Å². The van der Waals surface area contributed by atoms with Gasteiger partial charge in [0.2, 0.25) is 0 Å². The maximum Gasteiger partial charge on any atom is 0.310 e. The van der Waals surface area contributed by atoms with Crippen LogP contribution in [0.25, 0.3) is 0 Å².